The third-order valence-electron chi connectivity index (χ3n) is 3.37. The van der Waals surface area contributed by atoms with Crippen LogP contribution in [-0.2, 0) is 13.1 Å². The molecule has 4 nitrogen and oxygen atoms in total. The molecule has 0 atom stereocenters. The van der Waals surface area contributed by atoms with Crippen LogP contribution in [-0.4, -0.2) is 21.3 Å². The van der Waals surface area contributed by atoms with E-state index in [1.54, 1.807) is 27.4 Å². The fourth-order valence-corrected chi connectivity index (χ4v) is 2.24. The van der Waals surface area contributed by atoms with Gasteiger partial charge in [-0.15, -0.1) is 0 Å². The molecule has 0 saturated heterocycles. The van der Waals surface area contributed by atoms with Crippen LogP contribution in [0.15, 0.2) is 30.3 Å². The summed E-state index contributed by atoms with van der Waals surface area (Å²) >= 11 is 0. The molecule has 23 heavy (non-hydrogen) atoms. The highest BCUT2D eigenvalue weighted by molar-refractivity contribution is 5.53. The maximum absolute atomic E-state index is 13.2. The summed E-state index contributed by atoms with van der Waals surface area (Å²) in [4.78, 5) is 0. The van der Waals surface area contributed by atoms with E-state index in [4.69, 9.17) is 14.2 Å². The molecule has 0 aromatic heterocycles. The molecular weight excluding hydrogens is 304 g/mol. The predicted molar refractivity (Wildman–Crippen MR) is 83.0 cm³/mol. The Morgan fingerprint density at radius 2 is 1.39 bits per heavy atom. The SMILES string of the molecule is COc1cc(CNCc2ccc(F)c(F)c2)cc(OC)c1OC. The average molecular weight is 323 g/mol. The maximum Gasteiger partial charge on any atom is 0.203 e. The van der Waals surface area contributed by atoms with E-state index < -0.39 is 11.6 Å². The fourth-order valence-electron chi connectivity index (χ4n) is 2.24. The van der Waals surface area contributed by atoms with Crippen molar-refractivity contribution in [2.24, 2.45) is 0 Å². The van der Waals surface area contributed by atoms with Crippen LogP contribution < -0.4 is 19.5 Å². The molecule has 2 aromatic carbocycles. The maximum atomic E-state index is 13.2. The van der Waals surface area contributed by atoms with E-state index in [0.717, 1.165) is 11.6 Å². The molecule has 124 valence electrons. The van der Waals surface area contributed by atoms with Gasteiger partial charge in [-0.3, -0.25) is 0 Å². The van der Waals surface area contributed by atoms with Crippen LogP contribution in [0.2, 0.25) is 0 Å². The van der Waals surface area contributed by atoms with Crippen LogP contribution >= 0.6 is 0 Å². The summed E-state index contributed by atoms with van der Waals surface area (Å²) < 4.78 is 41.9. The van der Waals surface area contributed by atoms with Crippen molar-refractivity contribution in [3.8, 4) is 17.2 Å². The second kappa shape index (κ2) is 7.78. The number of rotatable bonds is 7. The quantitative estimate of drug-likeness (QED) is 0.849. The summed E-state index contributed by atoms with van der Waals surface area (Å²) in [5, 5.41) is 3.16. The number of hydrogen-bond donors (Lipinski definition) is 1. The van der Waals surface area contributed by atoms with Crippen molar-refractivity contribution in [2.45, 2.75) is 13.1 Å². The smallest absolute Gasteiger partial charge is 0.203 e. The number of hydrogen-bond acceptors (Lipinski definition) is 4. The van der Waals surface area contributed by atoms with Crippen LogP contribution in [0, 0.1) is 11.6 Å². The Hall–Kier alpha value is -2.34. The number of methoxy groups -OCH3 is 3. The minimum Gasteiger partial charge on any atom is -0.493 e. The lowest BCUT2D eigenvalue weighted by Crippen LogP contribution is -2.13. The Kier molecular flexibility index (Phi) is 5.76. The minimum absolute atomic E-state index is 0.411. The van der Waals surface area contributed by atoms with E-state index in [1.807, 2.05) is 12.1 Å². The van der Waals surface area contributed by atoms with Crippen molar-refractivity contribution in [1.82, 2.24) is 5.32 Å². The van der Waals surface area contributed by atoms with Gasteiger partial charge in [-0.1, -0.05) is 6.07 Å². The second-order valence-electron chi connectivity index (χ2n) is 4.89. The first-order valence-electron chi connectivity index (χ1n) is 7.02. The molecule has 0 unspecified atom stereocenters. The zero-order valence-corrected chi connectivity index (χ0v) is 13.3. The van der Waals surface area contributed by atoms with Crippen LogP contribution in [0.3, 0.4) is 0 Å². The van der Waals surface area contributed by atoms with Gasteiger partial charge >= 0.3 is 0 Å². The van der Waals surface area contributed by atoms with Crippen molar-refractivity contribution in [2.75, 3.05) is 21.3 Å². The Labute approximate surface area is 134 Å². The highest BCUT2D eigenvalue weighted by atomic mass is 19.2. The first kappa shape index (κ1) is 17.0. The first-order valence-corrected chi connectivity index (χ1v) is 7.02. The molecule has 0 aliphatic rings. The van der Waals surface area contributed by atoms with E-state index in [0.29, 0.717) is 35.9 Å². The number of nitrogens with one attached hydrogen (secondary N) is 1. The molecule has 0 amide bonds. The summed E-state index contributed by atoms with van der Waals surface area (Å²) in [7, 11) is 4.65. The Morgan fingerprint density at radius 1 is 0.783 bits per heavy atom. The molecule has 0 radical (unpaired) electrons. The van der Waals surface area contributed by atoms with E-state index >= 15 is 0 Å². The third-order valence-corrected chi connectivity index (χ3v) is 3.37. The van der Waals surface area contributed by atoms with Gasteiger partial charge in [0.25, 0.3) is 0 Å². The third kappa shape index (κ3) is 4.10. The lowest BCUT2D eigenvalue weighted by molar-refractivity contribution is 0.323. The lowest BCUT2D eigenvalue weighted by Gasteiger charge is -2.14. The van der Waals surface area contributed by atoms with Gasteiger partial charge in [-0.25, -0.2) is 8.78 Å². The first-order chi connectivity index (χ1) is 11.1. The number of ether oxygens (including phenoxy) is 3. The zero-order valence-electron chi connectivity index (χ0n) is 13.3. The van der Waals surface area contributed by atoms with Crippen LogP contribution in [0.25, 0.3) is 0 Å². The van der Waals surface area contributed by atoms with Gasteiger partial charge in [0.15, 0.2) is 23.1 Å². The monoisotopic (exact) mass is 323 g/mol. The van der Waals surface area contributed by atoms with Gasteiger partial charge in [-0.05, 0) is 35.4 Å². The molecule has 1 N–H and O–H groups in total. The molecule has 6 heteroatoms. The number of halogens is 2. The lowest BCUT2D eigenvalue weighted by atomic mass is 10.1. The normalized spacial score (nSPS) is 10.5. The van der Waals surface area contributed by atoms with Crippen LogP contribution in [0.5, 0.6) is 17.2 Å². The molecule has 0 bridgehead atoms. The molecule has 0 heterocycles. The van der Waals surface area contributed by atoms with E-state index in [1.165, 1.54) is 6.07 Å². The van der Waals surface area contributed by atoms with Gasteiger partial charge in [0.1, 0.15) is 0 Å². The van der Waals surface area contributed by atoms with Crippen molar-refractivity contribution in [3.05, 3.63) is 53.1 Å². The largest absolute Gasteiger partial charge is 0.493 e. The van der Waals surface area contributed by atoms with Gasteiger partial charge in [0.05, 0.1) is 21.3 Å². The summed E-state index contributed by atoms with van der Waals surface area (Å²) in [5.74, 6) is -0.0391. The molecule has 0 saturated carbocycles. The zero-order chi connectivity index (χ0) is 16.8. The molecule has 0 fully saturated rings. The molecule has 0 aliphatic heterocycles. The van der Waals surface area contributed by atoms with Crippen LogP contribution in [0.4, 0.5) is 8.78 Å². The highest BCUT2D eigenvalue weighted by Gasteiger charge is 2.13. The van der Waals surface area contributed by atoms with Gasteiger partial charge in [0.2, 0.25) is 5.75 Å². The summed E-state index contributed by atoms with van der Waals surface area (Å²) in [6.07, 6.45) is 0. The molecular formula is C17H19F2NO3. The summed E-state index contributed by atoms with van der Waals surface area (Å²) in [6, 6.07) is 7.50. The van der Waals surface area contributed by atoms with Gasteiger partial charge < -0.3 is 19.5 Å². The second-order valence-corrected chi connectivity index (χ2v) is 4.89. The van der Waals surface area contributed by atoms with E-state index in [2.05, 4.69) is 5.32 Å². The predicted octanol–water partition coefficient (Wildman–Crippen LogP) is 3.28. The average Bonchev–Trinajstić information content (AvgIpc) is 2.57. The molecule has 0 aliphatic carbocycles. The minimum atomic E-state index is -0.850. The Morgan fingerprint density at radius 3 is 1.91 bits per heavy atom. The van der Waals surface area contributed by atoms with Crippen LogP contribution in [0.1, 0.15) is 11.1 Å². The molecule has 2 rings (SSSR count). The van der Waals surface area contributed by atoms with Gasteiger partial charge in [-0.2, -0.15) is 0 Å². The Bertz CT molecular complexity index is 652. The molecule has 0 spiro atoms. The van der Waals surface area contributed by atoms with Crippen molar-refractivity contribution in [3.63, 3.8) is 0 Å². The summed E-state index contributed by atoms with van der Waals surface area (Å²) in [6.45, 7) is 0.920. The van der Waals surface area contributed by atoms with Crippen molar-refractivity contribution >= 4 is 0 Å². The van der Waals surface area contributed by atoms with Crippen molar-refractivity contribution in [1.29, 1.82) is 0 Å². The van der Waals surface area contributed by atoms with Gasteiger partial charge in [0, 0.05) is 13.1 Å². The summed E-state index contributed by atoms with van der Waals surface area (Å²) in [5.41, 5.74) is 1.58. The van der Waals surface area contributed by atoms with E-state index in [-0.39, 0.29) is 0 Å². The van der Waals surface area contributed by atoms with Crippen molar-refractivity contribution < 1.29 is 23.0 Å². The Balaban J connectivity index is 2.06. The standard InChI is InChI=1S/C17H19F2NO3/c1-21-15-7-12(8-16(22-2)17(15)23-3)10-20-9-11-4-5-13(18)14(19)6-11/h4-8,20H,9-10H2,1-3H3. The number of benzene rings is 2. The fraction of sp³-hybridized carbons (Fsp3) is 0.294. The topological polar surface area (TPSA) is 39.7 Å². The molecule has 2 aromatic rings. The highest BCUT2D eigenvalue weighted by Crippen LogP contribution is 2.38. The van der Waals surface area contributed by atoms with E-state index in [9.17, 15) is 8.78 Å².